The van der Waals surface area contributed by atoms with Crippen LogP contribution in [0.4, 0.5) is 5.69 Å². The first kappa shape index (κ1) is 17.0. The first-order valence-electron chi connectivity index (χ1n) is 6.19. The van der Waals surface area contributed by atoms with Gasteiger partial charge in [0, 0.05) is 23.6 Å². The number of hydrogen-bond donors (Lipinski definition) is 0. The normalized spacial score (nSPS) is 10.0. The van der Waals surface area contributed by atoms with Gasteiger partial charge in [0.15, 0.2) is 0 Å². The molecule has 0 aliphatic rings. The summed E-state index contributed by atoms with van der Waals surface area (Å²) in [5.74, 6) is -0.500. The molecule has 8 heteroatoms. The molecular formula is C13H16N2O5S. The highest BCUT2D eigenvalue weighted by molar-refractivity contribution is 8.00. The number of hydrogen-bond acceptors (Lipinski definition) is 6. The van der Waals surface area contributed by atoms with E-state index in [1.54, 1.807) is 19.1 Å². The average molecular weight is 312 g/mol. The maximum Gasteiger partial charge on any atom is 0.325 e. The van der Waals surface area contributed by atoms with Gasteiger partial charge in [-0.15, -0.1) is 11.8 Å². The Labute approximate surface area is 126 Å². The monoisotopic (exact) mass is 312 g/mol. The molecule has 21 heavy (non-hydrogen) atoms. The van der Waals surface area contributed by atoms with E-state index in [0.717, 1.165) is 4.90 Å². The molecule has 7 nitrogen and oxygen atoms in total. The first-order chi connectivity index (χ1) is 9.97. The number of amides is 1. The Morgan fingerprint density at radius 3 is 2.43 bits per heavy atom. The molecule has 1 aromatic carbocycles. The van der Waals surface area contributed by atoms with Gasteiger partial charge < -0.3 is 9.64 Å². The van der Waals surface area contributed by atoms with Gasteiger partial charge in [0.2, 0.25) is 5.91 Å². The fourth-order valence-corrected chi connectivity index (χ4v) is 2.30. The van der Waals surface area contributed by atoms with E-state index >= 15 is 0 Å². The van der Waals surface area contributed by atoms with Crippen LogP contribution in [0.5, 0.6) is 0 Å². The summed E-state index contributed by atoms with van der Waals surface area (Å²) in [6, 6.07) is 5.96. The van der Waals surface area contributed by atoms with Gasteiger partial charge in [0.1, 0.15) is 6.54 Å². The second kappa shape index (κ2) is 8.25. The van der Waals surface area contributed by atoms with Crippen LogP contribution in [-0.4, -0.2) is 47.7 Å². The number of benzene rings is 1. The van der Waals surface area contributed by atoms with Crippen LogP contribution in [0.25, 0.3) is 0 Å². The molecule has 0 aliphatic carbocycles. The van der Waals surface area contributed by atoms with Crippen molar-refractivity contribution in [3.63, 3.8) is 0 Å². The molecule has 0 spiro atoms. The molecule has 0 aromatic heterocycles. The number of likely N-dealkylation sites (N-methyl/N-ethyl adjacent to an activating group) is 1. The van der Waals surface area contributed by atoms with Crippen LogP contribution >= 0.6 is 11.8 Å². The number of ether oxygens (including phenoxy) is 1. The molecule has 1 aromatic rings. The maximum absolute atomic E-state index is 12.0. The molecule has 0 radical (unpaired) electrons. The fraction of sp³-hybridized carbons (Fsp3) is 0.385. The number of thioether (sulfide) groups is 1. The Hall–Kier alpha value is -2.09. The standard InChI is InChI=1S/C13H16N2O5S/c1-3-14(8-13(17)20-2)12(16)9-21-11-6-4-10(5-7-11)15(18)19/h4-7H,3,8-9H2,1-2H3. The Morgan fingerprint density at radius 1 is 1.33 bits per heavy atom. The Morgan fingerprint density at radius 2 is 1.95 bits per heavy atom. The maximum atomic E-state index is 12.0. The van der Waals surface area contributed by atoms with Crippen LogP contribution in [0.2, 0.25) is 0 Å². The summed E-state index contributed by atoms with van der Waals surface area (Å²) in [7, 11) is 1.27. The molecule has 0 aliphatic heterocycles. The lowest BCUT2D eigenvalue weighted by atomic mass is 10.3. The zero-order chi connectivity index (χ0) is 15.8. The molecule has 1 amide bonds. The number of nitro benzene ring substituents is 1. The molecule has 1 rings (SSSR count). The van der Waals surface area contributed by atoms with Crippen molar-refractivity contribution in [2.24, 2.45) is 0 Å². The highest BCUT2D eigenvalue weighted by Crippen LogP contribution is 2.21. The van der Waals surface area contributed by atoms with Gasteiger partial charge in [-0.05, 0) is 19.1 Å². The predicted molar refractivity (Wildman–Crippen MR) is 78.1 cm³/mol. The van der Waals surface area contributed by atoms with Gasteiger partial charge in [0.05, 0.1) is 17.8 Å². The minimum absolute atomic E-state index is 0.00607. The molecule has 0 bridgehead atoms. The average Bonchev–Trinajstić information content (AvgIpc) is 2.50. The summed E-state index contributed by atoms with van der Waals surface area (Å²) in [5.41, 5.74) is 0.00607. The zero-order valence-electron chi connectivity index (χ0n) is 11.8. The summed E-state index contributed by atoms with van der Waals surface area (Å²) >= 11 is 1.26. The van der Waals surface area contributed by atoms with Crippen molar-refractivity contribution >= 4 is 29.3 Å². The predicted octanol–water partition coefficient (Wildman–Crippen LogP) is 1.71. The van der Waals surface area contributed by atoms with Crippen molar-refractivity contribution in [1.82, 2.24) is 4.90 Å². The largest absolute Gasteiger partial charge is 0.468 e. The van der Waals surface area contributed by atoms with E-state index in [0.29, 0.717) is 6.54 Å². The van der Waals surface area contributed by atoms with Crippen LogP contribution in [0, 0.1) is 10.1 Å². The van der Waals surface area contributed by atoms with E-state index in [9.17, 15) is 19.7 Å². The summed E-state index contributed by atoms with van der Waals surface area (Å²) < 4.78 is 4.53. The smallest absolute Gasteiger partial charge is 0.325 e. The van der Waals surface area contributed by atoms with Gasteiger partial charge in [-0.3, -0.25) is 19.7 Å². The lowest BCUT2D eigenvalue weighted by Gasteiger charge is -2.19. The number of nitrogens with zero attached hydrogens (tertiary/aromatic N) is 2. The van der Waals surface area contributed by atoms with E-state index in [4.69, 9.17) is 0 Å². The molecular weight excluding hydrogens is 296 g/mol. The van der Waals surface area contributed by atoms with Crippen molar-refractivity contribution in [3.8, 4) is 0 Å². The molecule has 0 atom stereocenters. The third kappa shape index (κ3) is 5.42. The van der Waals surface area contributed by atoms with Crippen molar-refractivity contribution in [2.75, 3.05) is 26.0 Å². The highest BCUT2D eigenvalue weighted by Gasteiger charge is 2.16. The van der Waals surface area contributed by atoms with Crippen molar-refractivity contribution in [3.05, 3.63) is 34.4 Å². The number of carbonyl (C=O) groups is 2. The molecule has 0 unspecified atom stereocenters. The minimum Gasteiger partial charge on any atom is -0.468 e. The van der Waals surface area contributed by atoms with Crippen LogP contribution < -0.4 is 0 Å². The van der Waals surface area contributed by atoms with Crippen molar-refractivity contribution in [1.29, 1.82) is 0 Å². The lowest BCUT2D eigenvalue weighted by Crippen LogP contribution is -2.37. The fourth-order valence-electron chi connectivity index (χ4n) is 1.50. The van der Waals surface area contributed by atoms with Crippen LogP contribution in [0.3, 0.4) is 0 Å². The second-order valence-electron chi connectivity index (χ2n) is 4.02. The minimum atomic E-state index is -0.477. The van der Waals surface area contributed by atoms with Crippen LogP contribution in [0.15, 0.2) is 29.2 Å². The van der Waals surface area contributed by atoms with Gasteiger partial charge >= 0.3 is 5.97 Å². The van der Waals surface area contributed by atoms with E-state index in [1.807, 2.05) is 0 Å². The number of esters is 1. The van der Waals surface area contributed by atoms with Crippen molar-refractivity contribution in [2.45, 2.75) is 11.8 Å². The van der Waals surface area contributed by atoms with Gasteiger partial charge in [-0.25, -0.2) is 0 Å². The van der Waals surface area contributed by atoms with E-state index in [1.165, 1.54) is 35.9 Å². The summed E-state index contributed by atoms with van der Waals surface area (Å²) in [5, 5.41) is 10.5. The number of carbonyl (C=O) groups excluding carboxylic acids is 2. The Bertz CT molecular complexity index is 518. The summed E-state index contributed by atoms with van der Waals surface area (Å²) in [4.78, 5) is 35.3. The van der Waals surface area contributed by atoms with Gasteiger partial charge in [-0.2, -0.15) is 0 Å². The topological polar surface area (TPSA) is 89.8 Å². The molecule has 0 saturated heterocycles. The van der Waals surface area contributed by atoms with Crippen LogP contribution in [0.1, 0.15) is 6.92 Å². The quantitative estimate of drug-likeness (QED) is 0.329. The first-order valence-corrected chi connectivity index (χ1v) is 7.18. The van der Waals surface area contributed by atoms with E-state index < -0.39 is 10.9 Å². The summed E-state index contributed by atoms with van der Waals surface area (Å²) in [6.07, 6.45) is 0. The molecule has 0 fully saturated rings. The number of methoxy groups -OCH3 is 1. The Kier molecular flexibility index (Phi) is 6.67. The number of rotatable bonds is 7. The molecule has 114 valence electrons. The highest BCUT2D eigenvalue weighted by atomic mass is 32.2. The molecule has 0 heterocycles. The van der Waals surface area contributed by atoms with Crippen LogP contribution in [-0.2, 0) is 14.3 Å². The van der Waals surface area contributed by atoms with Gasteiger partial charge in [0.25, 0.3) is 5.69 Å². The lowest BCUT2D eigenvalue weighted by molar-refractivity contribution is -0.384. The molecule has 0 saturated carbocycles. The third-order valence-corrected chi connectivity index (χ3v) is 3.69. The van der Waals surface area contributed by atoms with Gasteiger partial charge in [-0.1, -0.05) is 0 Å². The van der Waals surface area contributed by atoms with Crippen molar-refractivity contribution < 1.29 is 19.2 Å². The van der Waals surface area contributed by atoms with E-state index in [-0.39, 0.29) is 23.9 Å². The molecule has 0 N–H and O–H groups in total. The second-order valence-corrected chi connectivity index (χ2v) is 5.07. The number of nitro groups is 1. The summed E-state index contributed by atoms with van der Waals surface area (Å²) in [6.45, 7) is 2.11. The number of non-ortho nitro benzene ring substituents is 1. The SMILES string of the molecule is CCN(CC(=O)OC)C(=O)CSc1ccc([N+](=O)[O-])cc1. The van der Waals surface area contributed by atoms with E-state index in [2.05, 4.69) is 4.74 Å². The zero-order valence-corrected chi connectivity index (χ0v) is 12.6. The Balaban J connectivity index is 2.54. The third-order valence-electron chi connectivity index (χ3n) is 2.69.